The van der Waals surface area contributed by atoms with Gasteiger partial charge in [-0.3, -0.25) is 14.5 Å². The van der Waals surface area contributed by atoms with Crippen molar-refractivity contribution in [3.8, 4) is 0 Å². The third-order valence-corrected chi connectivity index (χ3v) is 5.36. The van der Waals surface area contributed by atoms with Gasteiger partial charge in [0, 0.05) is 6.20 Å². The fourth-order valence-corrected chi connectivity index (χ4v) is 3.94. The number of amides is 1. The van der Waals surface area contributed by atoms with E-state index in [1.165, 1.54) is 17.0 Å². The summed E-state index contributed by atoms with van der Waals surface area (Å²) in [5.74, 6) is -0.448. The Balaban J connectivity index is 1.83. The Labute approximate surface area is 171 Å². The Morgan fingerprint density at radius 3 is 2.43 bits per heavy atom. The average molecular weight is 400 g/mol. The number of nitrogens with zero attached hydrogens (tertiary/aromatic N) is 2. The summed E-state index contributed by atoms with van der Waals surface area (Å²) >= 11 is 0. The van der Waals surface area contributed by atoms with Gasteiger partial charge in [-0.05, 0) is 61.4 Å². The van der Waals surface area contributed by atoms with Gasteiger partial charge in [-0.25, -0.2) is 9.37 Å². The monoisotopic (exact) mass is 400 g/mol. The van der Waals surface area contributed by atoms with Gasteiger partial charge in [-0.15, -0.1) is 0 Å². The van der Waals surface area contributed by atoms with Crippen molar-refractivity contribution in [1.29, 1.82) is 0 Å². The van der Waals surface area contributed by atoms with Crippen molar-refractivity contribution in [1.82, 2.24) is 4.98 Å². The third-order valence-electron chi connectivity index (χ3n) is 5.36. The average Bonchev–Trinajstić information content (AvgIpc) is 3.02. The summed E-state index contributed by atoms with van der Waals surface area (Å²) in [5, 5.41) is 0.410. The molecular formula is C24H17FN2O3. The lowest BCUT2D eigenvalue weighted by Crippen LogP contribution is -2.30. The molecule has 6 heteroatoms. The smallest absolute Gasteiger partial charge is 0.296 e. The standard InChI is InChI=1S/C24H17FN2O3/c1-13-3-8-18-17(11-13)22(28)20-21(15-4-6-16(25)7-5-15)27(24(29)23(20)30-18)19-12-14(2)9-10-26-19/h3-12,21H,1-2H3/t21-/m1/s1. The minimum absolute atomic E-state index is 0.00557. The molecule has 1 atom stereocenters. The van der Waals surface area contributed by atoms with E-state index in [-0.39, 0.29) is 16.8 Å². The van der Waals surface area contributed by atoms with Crippen LogP contribution >= 0.6 is 0 Å². The number of hydrogen-bond acceptors (Lipinski definition) is 4. The van der Waals surface area contributed by atoms with Gasteiger partial charge in [-0.2, -0.15) is 0 Å². The first-order chi connectivity index (χ1) is 14.4. The molecule has 0 unspecified atom stereocenters. The molecule has 0 N–H and O–H groups in total. The number of anilines is 1. The van der Waals surface area contributed by atoms with Gasteiger partial charge in [0.05, 0.1) is 17.0 Å². The van der Waals surface area contributed by atoms with Crippen LogP contribution in [0.5, 0.6) is 0 Å². The number of carbonyl (C=O) groups is 1. The molecule has 0 bridgehead atoms. The fraction of sp³-hybridized carbons (Fsp3) is 0.125. The van der Waals surface area contributed by atoms with Crippen molar-refractivity contribution < 1.29 is 13.6 Å². The van der Waals surface area contributed by atoms with Crippen molar-refractivity contribution in [3.05, 3.63) is 105 Å². The Hall–Kier alpha value is -3.80. The summed E-state index contributed by atoms with van der Waals surface area (Å²) in [5.41, 5.74) is 2.76. The SMILES string of the molecule is Cc1ccnc(N2C(=O)c3oc4ccc(C)cc4c(=O)c3[C@H]2c2ccc(F)cc2)c1. The number of hydrogen-bond donors (Lipinski definition) is 0. The number of benzene rings is 2. The van der Waals surface area contributed by atoms with Crippen LogP contribution in [0.15, 0.2) is 70.0 Å². The molecule has 30 heavy (non-hydrogen) atoms. The summed E-state index contributed by atoms with van der Waals surface area (Å²) in [6.45, 7) is 3.78. The van der Waals surface area contributed by atoms with Crippen LogP contribution in [0.25, 0.3) is 11.0 Å². The molecule has 1 aliphatic rings. The van der Waals surface area contributed by atoms with Crippen LogP contribution in [-0.2, 0) is 0 Å². The highest BCUT2D eigenvalue weighted by molar-refractivity contribution is 6.10. The highest BCUT2D eigenvalue weighted by Crippen LogP contribution is 2.40. The van der Waals surface area contributed by atoms with Gasteiger partial charge in [0.1, 0.15) is 17.2 Å². The summed E-state index contributed by atoms with van der Waals surface area (Å²) in [4.78, 5) is 32.7. The molecule has 2 aromatic carbocycles. The summed E-state index contributed by atoms with van der Waals surface area (Å²) < 4.78 is 19.5. The molecule has 0 radical (unpaired) electrons. The molecule has 0 saturated carbocycles. The topological polar surface area (TPSA) is 63.4 Å². The summed E-state index contributed by atoms with van der Waals surface area (Å²) in [6, 6.07) is 13.9. The number of aryl methyl sites for hydroxylation is 2. The zero-order valence-electron chi connectivity index (χ0n) is 16.3. The van der Waals surface area contributed by atoms with E-state index >= 15 is 0 Å². The van der Waals surface area contributed by atoms with Crippen LogP contribution in [-0.4, -0.2) is 10.9 Å². The molecule has 3 heterocycles. The first-order valence-corrected chi connectivity index (χ1v) is 9.53. The van der Waals surface area contributed by atoms with E-state index in [0.29, 0.717) is 22.4 Å². The van der Waals surface area contributed by atoms with E-state index in [2.05, 4.69) is 4.98 Å². The minimum atomic E-state index is -0.761. The van der Waals surface area contributed by atoms with E-state index in [1.807, 2.05) is 26.0 Å². The number of fused-ring (bicyclic) bond motifs is 2. The fourth-order valence-electron chi connectivity index (χ4n) is 3.94. The Morgan fingerprint density at radius 1 is 0.967 bits per heavy atom. The summed E-state index contributed by atoms with van der Waals surface area (Å²) in [7, 11) is 0. The molecule has 4 aromatic rings. The number of halogens is 1. The van der Waals surface area contributed by atoms with Crippen LogP contribution in [0.1, 0.15) is 38.9 Å². The maximum atomic E-state index is 13.6. The zero-order chi connectivity index (χ0) is 21.0. The lowest BCUT2D eigenvalue weighted by Gasteiger charge is -2.24. The molecule has 5 nitrogen and oxygen atoms in total. The second-order valence-corrected chi connectivity index (χ2v) is 7.49. The van der Waals surface area contributed by atoms with Crippen molar-refractivity contribution >= 4 is 22.7 Å². The second-order valence-electron chi connectivity index (χ2n) is 7.49. The van der Waals surface area contributed by atoms with E-state index < -0.39 is 17.8 Å². The lowest BCUT2D eigenvalue weighted by molar-refractivity contribution is 0.0970. The number of aromatic nitrogens is 1. The Kier molecular flexibility index (Phi) is 4.03. The van der Waals surface area contributed by atoms with Crippen molar-refractivity contribution in [2.24, 2.45) is 0 Å². The maximum absolute atomic E-state index is 13.6. The van der Waals surface area contributed by atoms with Crippen molar-refractivity contribution in [2.75, 3.05) is 4.90 Å². The normalized spacial score (nSPS) is 15.6. The van der Waals surface area contributed by atoms with Crippen LogP contribution < -0.4 is 10.3 Å². The van der Waals surface area contributed by atoms with E-state index in [0.717, 1.165) is 11.1 Å². The van der Waals surface area contributed by atoms with Crippen LogP contribution in [0.4, 0.5) is 10.2 Å². The molecule has 0 fully saturated rings. The molecule has 1 aliphatic heterocycles. The molecule has 5 rings (SSSR count). The van der Waals surface area contributed by atoms with E-state index in [9.17, 15) is 14.0 Å². The zero-order valence-corrected chi connectivity index (χ0v) is 16.3. The predicted molar refractivity (Wildman–Crippen MR) is 111 cm³/mol. The maximum Gasteiger partial charge on any atom is 0.296 e. The largest absolute Gasteiger partial charge is 0.450 e. The number of rotatable bonds is 2. The van der Waals surface area contributed by atoms with Crippen molar-refractivity contribution in [2.45, 2.75) is 19.9 Å². The third kappa shape index (κ3) is 2.72. The summed E-state index contributed by atoms with van der Waals surface area (Å²) in [6.07, 6.45) is 1.61. The predicted octanol–water partition coefficient (Wildman–Crippen LogP) is 4.69. The van der Waals surface area contributed by atoms with Crippen LogP contribution in [0.3, 0.4) is 0 Å². The first kappa shape index (κ1) is 18.2. The molecule has 0 spiro atoms. The highest BCUT2D eigenvalue weighted by Gasteiger charge is 2.44. The minimum Gasteiger partial charge on any atom is -0.450 e. The van der Waals surface area contributed by atoms with Crippen LogP contribution in [0, 0.1) is 19.7 Å². The van der Waals surface area contributed by atoms with E-state index in [4.69, 9.17) is 4.42 Å². The van der Waals surface area contributed by atoms with Gasteiger partial charge in [-0.1, -0.05) is 23.8 Å². The highest BCUT2D eigenvalue weighted by atomic mass is 19.1. The molecule has 1 amide bonds. The molecule has 0 aliphatic carbocycles. The Bertz CT molecular complexity index is 1380. The lowest BCUT2D eigenvalue weighted by atomic mass is 9.98. The molecule has 0 saturated heterocycles. The van der Waals surface area contributed by atoms with Crippen LogP contribution in [0.2, 0.25) is 0 Å². The Morgan fingerprint density at radius 2 is 1.70 bits per heavy atom. The van der Waals surface area contributed by atoms with Gasteiger partial charge in [0.15, 0.2) is 5.43 Å². The number of carbonyl (C=O) groups excluding carboxylic acids is 1. The van der Waals surface area contributed by atoms with Gasteiger partial charge in [0.2, 0.25) is 5.76 Å². The quantitative estimate of drug-likeness (QED) is 0.490. The second kappa shape index (κ2) is 6.62. The van der Waals surface area contributed by atoms with E-state index in [1.54, 1.807) is 36.5 Å². The molecular weight excluding hydrogens is 383 g/mol. The van der Waals surface area contributed by atoms with Gasteiger partial charge < -0.3 is 4.42 Å². The van der Waals surface area contributed by atoms with Crippen molar-refractivity contribution in [3.63, 3.8) is 0 Å². The van der Waals surface area contributed by atoms with Gasteiger partial charge >= 0.3 is 0 Å². The number of pyridine rings is 1. The molecule has 2 aromatic heterocycles. The van der Waals surface area contributed by atoms with Gasteiger partial charge in [0.25, 0.3) is 5.91 Å². The molecule has 148 valence electrons. The first-order valence-electron chi connectivity index (χ1n) is 9.53.